The van der Waals surface area contributed by atoms with E-state index < -0.39 is 11.8 Å². The molecule has 0 aliphatic rings. The van der Waals surface area contributed by atoms with E-state index in [0.717, 1.165) is 0 Å². The Morgan fingerprint density at radius 3 is 2.60 bits per heavy atom. The van der Waals surface area contributed by atoms with Crippen LogP contribution in [0.25, 0.3) is 11.3 Å². The summed E-state index contributed by atoms with van der Waals surface area (Å²) in [6.45, 7) is 0. The van der Waals surface area contributed by atoms with Gasteiger partial charge in [0.2, 0.25) is 5.95 Å². The molecule has 0 N–H and O–H groups in total. The van der Waals surface area contributed by atoms with Gasteiger partial charge in [-0.15, -0.1) is 0 Å². The van der Waals surface area contributed by atoms with Gasteiger partial charge < -0.3 is 0 Å². The molecule has 0 amide bonds. The molecule has 0 bridgehead atoms. The second kappa shape index (κ2) is 4.02. The molecule has 0 saturated carbocycles. The molecular formula is C10H5BrF2N2. The van der Waals surface area contributed by atoms with Gasteiger partial charge in [0.1, 0.15) is 10.4 Å². The van der Waals surface area contributed by atoms with Crippen molar-refractivity contribution in [3.05, 3.63) is 46.8 Å². The molecule has 76 valence electrons. The van der Waals surface area contributed by atoms with Crippen molar-refractivity contribution in [3.8, 4) is 11.3 Å². The molecule has 0 atom stereocenters. The van der Waals surface area contributed by atoms with E-state index in [9.17, 15) is 8.78 Å². The maximum atomic E-state index is 12.9. The second-order valence-corrected chi connectivity index (χ2v) is 3.58. The van der Waals surface area contributed by atoms with E-state index >= 15 is 0 Å². The van der Waals surface area contributed by atoms with E-state index in [1.165, 1.54) is 30.5 Å². The van der Waals surface area contributed by atoms with E-state index in [-0.39, 0.29) is 0 Å². The Hall–Kier alpha value is -1.36. The van der Waals surface area contributed by atoms with Gasteiger partial charge in [-0.1, -0.05) is 0 Å². The highest BCUT2D eigenvalue weighted by atomic mass is 79.9. The quantitative estimate of drug-likeness (QED) is 0.744. The highest BCUT2D eigenvalue weighted by Crippen LogP contribution is 2.25. The van der Waals surface area contributed by atoms with Crippen molar-refractivity contribution in [1.82, 2.24) is 9.97 Å². The first-order valence-electron chi connectivity index (χ1n) is 4.11. The third-order valence-electron chi connectivity index (χ3n) is 1.81. The predicted octanol–water partition coefficient (Wildman–Crippen LogP) is 3.18. The van der Waals surface area contributed by atoms with Gasteiger partial charge in [0.05, 0.1) is 5.69 Å². The Kier molecular flexibility index (Phi) is 2.73. The van der Waals surface area contributed by atoms with Crippen molar-refractivity contribution in [3.63, 3.8) is 0 Å². The molecule has 2 rings (SSSR count). The van der Waals surface area contributed by atoms with Crippen molar-refractivity contribution < 1.29 is 8.78 Å². The van der Waals surface area contributed by atoms with Gasteiger partial charge in [-0.3, -0.25) is 4.98 Å². The molecule has 2 heterocycles. The van der Waals surface area contributed by atoms with Crippen molar-refractivity contribution in [2.75, 3.05) is 0 Å². The van der Waals surface area contributed by atoms with E-state index in [2.05, 4.69) is 25.9 Å². The Morgan fingerprint density at radius 1 is 1.13 bits per heavy atom. The molecule has 2 aromatic heterocycles. The van der Waals surface area contributed by atoms with Crippen LogP contribution in [0.4, 0.5) is 8.78 Å². The molecular weight excluding hydrogens is 266 g/mol. The molecule has 0 radical (unpaired) electrons. The van der Waals surface area contributed by atoms with Crippen LogP contribution in [0, 0.1) is 11.8 Å². The first-order chi connectivity index (χ1) is 7.16. The van der Waals surface area contributed by atoms with Crippen LogP contribution in [0.3, 0.4) is 0 Å². The van der Waals surface area contributed by atoms with Gasteiger partial charge in [-0.05, 0) is 34.1 Å². The van der Waals surface area contributed by atoms with Crippen LogP contribution in [0.1, 0.15) is 0 Å². The van der Waals surface area contributed by atoms with E-state index in [1.54, 1.807) is 0 Å². The van der Waals surface area contributed by atoms with Crippen LogP contribution in [-0.2, 0) is 0 Å². The maximum Gasteiger partial charge on any atom is 0.213 e. The Balaban J connectivity index is 2.54. The van der Waals surface area contributed by atoms with Gasteiger partial charge in [0, 0.05) is 17.8 Å². The van der Waals surface area contributed by atoms with Crippen molar-refractivity contribution in [1.29, 1.82) is 0 Å². The second-order valence-electron chi connectivity index (χ2n) is 2.83. The summed E-state index contributed by atoms with van der Waals surface area (Å²) in [7, 11) is 0. The number of aromatic nitrogens is 2. The van der Waals surface area contributed by atoms with E-state index in [0.29, 0.717) is 15.9 Å². The smallest absolute Gasteiger partial charge is 0.213 e. The van der Waals surface area contributed by atoms with Gasteiger partial charge in [-0.25, -0.2) is 9.37 Å². The molecule has 5 heteroatoms. The third-order valence-corrected chi connectivity index (χ3v) is 2.42. The lowest BCUT2D eigenvalue weighted by molar-refractivity contribution is 0.581. The zero-order valence-corrected chi connectivity index (χ0v) is 9.00. The molecule has 2 aromatic rings. The average Bonchev–Trinajstić information content (AvgIpc) is 2.17. The summed E-state index contributed by atoms with van der Waals surface area (Å²) in [4.78, 5) is 7.54. The summed E-state index contributed by atoms with van der Waals surface area (Å²) < 4.78 is 25.9. The van der Waals surface area contributed by atoms with Crippen molar-refractivity contribution in [2.45, 2.75) is 0 Å². The first kappa shape index (κ1) is 10.2. The molecule has 2 nitrogen and oxygen atoms in total. The summed E-state index contributed by atoms with van der Waals surface area (Å²) in [6.07, 6.45) is 1.35. The summed E-state index contributed by atoms with van der Waals surface area (Å²) in [5, 5.41) is 0. The Morgan fingerprint density at radius 2 is 1.93 bits per heavy atom. The largest absolute Gasteiger partial charge is 0.256 e. The molecule has 0 aromatic carbocycles. The minimum atomic E-state index is -0.595. The van der Waals surface area contributed by atoms with Crippen molar-refractivity contribution >= 4 is 15.9 Å². The molecule has 0 aliphatic carbocycles. The topological polar surface area (TPSA) is 25.8 Å². The van der Waals surface area contributed by atoms with Crippen LogP contribution in [0.15, 0.2) is 35.1 Å². The lowest BCUT2D eigenvalue weighted by atomic mass is 10.2. The monoisotopic (exact) mass is 270 g/mol. The molecule has 0 aliphatic heterocycles. The molecule has 15 heavy (non-hydrogen) atoms. The first-order valence-corrected chi connectivity index (χ1v) is 4.90. The highest BCUT2D eigenvalue weighted by molar-refractivity contribution is 9.10. The average molecular weight is 271 g/mol. The normalized spacial score (nSPS) is 10.3. The number of halogens is 3. The Labute approximate surface area is 93.1 Å². The number of rotatable bonds is 1. The zero-order valence-electron chi connectivity index (χ0n) is 7.42. The fourth-order valence-corrected chi connectivity index (χ4v) is 1.66. The predicted molar refractivity (Wildman–Crippen MR) is 55.1 cm³/mol. The van der Waals surface area contributed by atoms with Crippen molar-refractivity contribution in [2.24, 2.45) is 0 Å². The molecule has 0 saturated heterocycles. The lowest BCUT2D eigenvalue weighted by Crippen LogP contribution is -1.90. The maximum absolute atomic E-state index is 12.9. The molecule has 0 spiro atoms. The third kappa shape index (κ3) is 2.18. The minimum Gasteiger partial charge on any atom is -0.256 e. The summed E-state index contributed by atoms with van der Waals surface area (Å²) in [5.74, 6) is -0.988. The van der Waals surface area contributed by atoms with Crippen LogP contribution in [-0.4, -0.2) is 9.97 Å². The van der Waals surface area contributed by atoms with Gasteiger partial charge >= 0.3 is 0 Å². The summed E-state index contributed by atoms with van der Waals surface area (Å²) in [6, 6.07) is 5.20. The standard InChI is InChI=1S/C10H5BrF2N2/c11-10-7(1-2-9(13)15-10)8-5-6(12)3-4-14-8/h1-5H. The zero-order chi connectivity index (χ0) is 10.8. The van der Waals surface area contributed by atoms with Crippen LogP contribution >= 0.6 is 15.9 Å². The number of nitrogens with zero attached hydrogens (tertiary/aromatic N) is 2. The number of hydrogen-bond acceptors (Lipinski definition) is 2. The number of pyridine rings is 2. The van der Waals surface area contributed by atoms with Gasteiger partial charge in [0.15, 0.2) is 0 Å². The minimum absolute atomic E-state index is 0.306. The number of hydrogen-bond donors (Lipinski definition) is 0. The molecule has 0 fully saturated rings. The highest BCUT2D eigenvalue weighted by Gasteiger charge is 2.07. The summed E-state index contributed by atoms with van der Waals surface area (Å²) >= 11 is 3.09. The van der Waals surface area contributed by atoms with Gasteiger partial charge in [-0.2, -0.15) is 4.39 Å². The summed E-state index contributed by atoms with van der Waals surface area (Å²) in [5.41, 5.74) is 0.963. The fourth-order valence-electron chi connectivity index (χ4n) is 1.16. The SMILES string of the molecule is Fc1ccnc(-c2ccc(F)nc2Br)c1. The van der Waals surface area contributed by atoms with Gasteiger partial charge in [0.25, 0.3) is 0 Å². The lowest BCUT2D eigenvalue weighted by Gasteiger charge is -2.02. The van der Waals surface area contributed by atoms with Crippen LogP contribution < -0.4 is 0 Å². The van der Waals surface area contributed by atoms with E-state index in [4.69, 9.17) is 0 Å². The Bertz CT molecular complexity index is 503. The fraction of sp³-hybridized carbons (Fsp3) is 0. The molecule has 0 unspecified atom stereocenters. The van der Waals surface area contributed by atoms with Crippen LogP contribution in [0.2, 0.25) is 0 Å². The van der Waals surface area contributed by atoms with Crippen LogP contribution in [0.5, 0.6) is 0 Å². The van der Waals surface area contributed by atoms with E-state index in [1.807, 2.05) is 0 Å².